The van der Waals surface area contributed by atoms with Gasteiger partial charge in [0.1, 0.15) is 0 Å². The van der Waals surface area contributed by atoms with Gasteiger partial charge in [0.15, 0.2) is 0 Å². The molecule has 0 spiro atoms. The van der Waals surface area contributed by atoms with Crippen LogP contribution in [0.5, 0.6) is 0 Å². The number of nitrogens with zero attached hydrogens (tertiary/aromatic N) is 1. The molecule has 2 N–H and O–H groups in total. The third-order valence-electron chi connectivity index (χ3n) is 2.76. The fraction of sp³-hybridized carbons (Fsp3) is 0.385. The van der Waals surface area contributed by atoms with Gasteiger partial charge in [0.2, 0.25) is 11.8 Å². The van der Waals surface area contributed by atoms with Gasteiger partial charge in [0.25, 0.3) is 0 Å². The number of hydrogen-bond donors (Lipinski definition) is 1. The van der Waals surface area contributed by atoms with E-state index in [1.807, 2.05) is 12.1 Å². The highest BCUT2D eigenvalue weighted by molar-refractivity contribution is 7.12. The van der Waals surface area contributed by atoms with E-state index in [1.54, 1.807) is 6.92 Å². The van der Waals surface area contributed by atoms with Gasteiger partial charge in [-0.25, -0.2) is 0 Å². The first kappa shape index (κ1) is 12.8. The highest BCUT2D eigenvalue weighted by Crippen LogP contribution is 2.24. The van der Waals surface area contributed by atoms with Crippen LogP contribution in [0.2, 0.25) is 0 Å². The quantitative estimate of drug-likeness (QED) is 0.637. The molecule has 0 radical (unpaired) electrons. The molecular weight excluding hydrogens is 248 g/mol. The standard InChI is InChI=1S/C13H14N2O2S/c1-9-7-12(16)15(13(9)17)8-11-5-4-10(18-11)3-2-6-14/h4-5,9H,6-8,14H2,1H3. The number of rotatable bonds is 2. The SMILES string of the molecule is CC1CC(=O)N(Cc2ccc(C#CCN)s2)C1=O. The van der Waals surface area contributed by atoms with Crippen molar-refractivity contribution in [3.05, 3.63) is 21.9 Å². The number of carbonyl (C=O) groups is 2. The van der Waals surface area contributed by atoms with Crippen molar-refractivity contribution >= 4 is 23.2 Å². The molecule has 0 aromatic carbocycles. The molecule has 2 rings (SSSR count). The molecule has 5 heteroatoms. The van der Waals surface area contributed by atoms with Crippen molar-refractivity contribution in [2.45, 2.75) is 19.9 Å². The summed E-state index contributed by atoms with van der Waals surface area (Å²) in [5.74, 6) is 5.36. The zero-order valence-electron chi connectivity index (χ0n) is 10.1. The third kappa shape index (κ3) is 2.61. The number of carbonyl (C=O) groups excluding carboxylic acids is 2. The number of hydrogen-bond acceptors (Lipinski definition) is 4. The van der Waals surface area contributed by atoms with E-state index >= 15 is 0 Å². The molecular formula is C13H14N2O2S. The molecule has 1 atom stereocenters. The third-order valence-corrected chi connectivity index (χ3v) is 3.74. The van der Waals surface area contributed by atoms with E-state index in [2.05, 4.69) is 11.8 Å². The van der Waals surface area contributed by atoms with Crippen molar-refractivity contribution in [1.82, 2.24) is 4.90 Å². The Bertz CT molecular complexity index is 539. The normalized spacial score (nSPS) is 19.0. The first-order chi connectivity index (χ1) is 8.61. The Labute approximate surface area is 110 Å². The Morgan fingerprint density at radius 1 is 1.50 bits per heavy atom. The van der Waals surface area contributed by atoms with E-state index in [0.29, 0.717) is 19.5 Å². The lowest BCUT2D eigenvalue weighted by atomic mass is 10.1. The summed E-state index contributed by atoms with van der Waals surface area (Å²) in [6.07, 6.45) is 0.323. The van der Waals surface area contributed by atoms with Crippen LogP contribution < -0.4 is 5.73 Å². The zero-order valence-corrected chi connectivity index (χ0v) is 10.9. The van der Waals surface area contributed by atoms with Crippen LogP contribution in [-0.4, -0.2) is 23.3 Å². The van der Waals surface area contributed by atoms with Gasteiger partial charge in [-0.1, -0.05) is 18.8 Å². The van der Waals surface area contributed by atoms with Gasteiger partial charge in [-0.05, 0) is 12.1 Å². The van der Waals surface area contributed by atoms with Crippen LogP contribution in [0.3, 0.4) is 0 Å². The fourth-order valence-electron chi connectivity index (χ4n) is 1.84. The van der Waals surface area contributed by atoms with E-state index in [9.17, 15) is 9.59 Å². The molecule has 0 aliphatic carbocycles. The second-order valence-corrected chi connectivity index (χ2v) is 5.36. The molecule has 2 heterocycles. The lowest BCUT2D eigenvalue weighted by molar-refractivity contribution is -0.139. The van der Waals surface area contributed by atoms with Crippen molar-refractivity contribution in [3.8, 4) is 11.8 Å². The van der Waals surface area contributed by atoms with Crippen LogP contribution in [-0.2, 0) is 16.1 Å². The molecule has 1 aromatic heterocycles. The van der Waals surface area contributed by atoms with Crippen molar-refractivity contribution < 1.29 is 9.59 Å². The van der Waals surface area contributed by atoms with Crippen molar-refractivity contribution in [3.63, 3.8) is 0 Å². The molecule has 1 aromatic rings. The zero-order chi connectivity index (χ0) is 13.1. The van der Waals surface area contributed by atoms with Gasteiger partial charge < -0.3 is 5.73 Å². The van der Waals surface area contributed by atoms with Crippen LogP contribution in [0.4, 0.5) is 0 Å². The van der Waals surface area contributed by atoms with E-state index in [0.717, 1.165) is 9.75 Å². The maximum atomic E-state index is 11.8. The van der Waals surface area contributed by atoms with E-state index in [-0.39, 0.29) is 17.7 Å². The highest BCUT2D eigenvalue weighted by Gasteiger charge is 2.35. The van der Waals surface area contributed by atoms with E-state index in [1.165, 1.54) is 16.2 Å². The van der Waals surface area contributed by atoms with E-state index in [4.69, 9.17) is 5.73 Å². The Kier molecular flexibility index (Phi) is 3.80. The second-order valence-electron chi connectivity index (χ2n) is 4.20. The summed E-state index contributed by atoms with van der Waals surface area (Å²) in [4.78, 5) is 26.6. The molecule has 0 saturated carbocycles. The number of nitrogens with two attached hydrogens (primary N) is 1. The Morgan fingerprint density at radius 2 is 2.28 bits per heavy atom. The largest absolute Gasteiger partial charge is 0.320 e. The van der Waals surface area contributed by atoms with Gasteiger partial charge in [-0.3, -0.25) is 14.5 Å². The van der Waals surface area contributed by atoms with Crippen LogP contribution >= 0.6 is 11.3 Å². The predicted octanol–water partition coefficient (Wildman–Crippen LogP) is 0.953. The second kappa shape index (κ2) is 5.34. The van der Waals surface area contributed by atoms with Gasteiger partial charge >= 0.3 is 0 Å². The molecule has 4 nitrogen and oxygen atoms in total. The number of thiophene rings is 1. The molecule has 1 unspecified atom stereocenters. The minimum absolute atomic E-state index is 0.0806. The van der Waals surface area contributed by atoms with Crippen LogP contribution in [0, 0.1) is 17.8 Å². The average molecular weight is 262 g/mol. The van der Waals surface area contributed by atoms with Gasteiger partial charge in [-0.15, -0.1) is 11.3 Å². The smallest absolute Gasteiger partial charge is 0.232 e. The van der Waals surface area contributed by atoms with Gasteiger partial charge in [0, 0.05) is 17.2 Å². The summed E-state index contributed by atoms with van der Waals surface area (Å²) >= 11 is 1.49. The first-order valence-electron chi connectivity index (χ1n) is 5.73. The average Bonchev–Trinajstić information content (AvgIpc) is 2.88. The molecule has 1 fully saturated rings. The lowest BCUT2D eigenvalue weighted by Gasteiger charge is -2.12. The molecule has 1 aliphatic heterocycles. The van der Waals surface area contributed by atoms with Crippen molar-refractivity contribution in [1.29, 1.82) is 0 Å². The maximum Gasteiger partial charge on any atom is 0.232 e. The Morgan fingerprint density at radius 3 is 2.89 bits per heavy atom. The minimum Gasteiger partial charge on any atom is -0.320 e. The molecule has 94 valence electrons. The Hall–Kier alpha value is -1.64. The maximum absolute atomic E-state index is 11.8. The number of amides is 2. The number of likely N-dealkylation sites (tertiary alicyclic amines) is 1. The summed E-state index contributed by atoms with van der Waals surface area (Å²) in [6.45, 7) is 2.47. The van der Waals surface area contributed by atoms with Crippen LogP contribution in [0.15, 0.2) is 12.1 Å². The molecule has 1 aliphatic rings. The number of imide groups is 1. The molecule has 0 bridgehead atoms. The summed E-state index contributed by atoms with van der Waals surface area (Å²) in [7, 11) is 0. The molecule has 2 amide bonds. The lowest BCUT2D eigenvalue weighted by Crippen LogP contribution is -2.29. The predicted molar refractivity (Wildman–Crippen MR) is 69.6 cm³/mol. The monoisotopic (exact) mass is 262 g/mol. The topological polar surface area (TPSA) is 63.4 Å². The first-order valence-corrected chi connectivity index (χ1v) is 6.55. The van der Waals surface area contributed by atoms with E-state index < -0.39 is 0 Å². The van der Waals surface area contributed by atoms with Crippen LogP contribution in [0.25, 0.3) is 0 Å². The highest BCUT2D eigenvalue weighted by atomic mass is 32.1. The minimum atomic E-state index is -0.186. The summed E-state index contributed by atoms with van der Waals surface area (Å²) in [5, 5.41) is 0. The fourth-order valence-corrected chi connectivity index (χ4v) is 2.71. The van der Waals surface area contributed by atoms with Crippen molar-refractivity contribution in [2.75, 3.05) is 6.54 Å². The van der Waals surface area contributed by atoms with Gasteiger partial charge in [-0.2, -0.15) is 0 Å². The van der Waals surface area contributed by atoms with Gasteiger partial charge in [0.05, 0.1) is 18.0 Å². The van der Waals surface area contributed by atoms with Crippen molar-refractivity contribution in [2.24, 2.45) is 11.7 Å². The molecule has 1 saturated heterocycles. The summed E-state index contributed by atoms with van der Waals surface area (Å²) < 4.78 is 0. The summed E-state index contributed by atoms with van der Waals surface area (Å²) in [6, 6.07) is 3.78. The Balaban J connectivity index is 2.08. The molecule has 18 heavy (non-hydrogen) atoms. The summed E-state index contributed by atoms with van der Waals surface area (Å²) in [5.41, 5.74) is 5.30. The van der Waals surface area contributed by atoms with Crippen LogP contribution in [0.1, 0.15) is 23.1 Å².